The molecule has 1 atom stereocenters. The molecular formula is C10H18N2O4. The maximum absolute atomic E-state index is 10.7. The molecule has 0 aromatic heterocycles. The normalized spacial score (nSPS) is 13.4. The van der Waals surface area contributed by atoms with E-state index in [0.717, 1.165) is 0 Å². The molecular weight excluding hydrogens is 212 g/mol. The Bertz CT molecular complexity index is 281. The third-order valence-corrected chi connectivity index (χ3v) is 1.73. The minimum absolute atomic E-state index is 0.0318. The second-order valence-corrected chi connectivity index (χ2v) is 4.28. The lowest BCUT2D eigenvalue weighted by molar-refractivity contribution is 0.0676. The van der Waals surface area contributed by atoms with Crippen molar-refractivity contribution in [3.8, 4) is 0 Å². The number of hydrogen-bond acceptors (Lipinski definition) is 4. The largest absolute Gasteiger partial charge is 0.445 e. The lowest BCUT2D eigenvalue weighted by Gasteiger charge is -2.26. The average Bonchev–Trinajstić information content (AvgIpc) is 2.07. The summed E-state index contributed by atoms with van der Waals surface area (Å²) in [5, 5.41) is 0. The molecule has 0 aliphatic carbocycles. The number of ether oxygens (including phenoxy) is 2. The van der Waals surface area contributed by atoms with Gasteiger partial charge in [0.15, 0.2) is 0 Å². The van der Waals surface area contributed by atoms with Gasteiger partial charge in [-0.2, -0.15) is 0 Å². The number of carbonyl (C=O) groups is 2. The molecule has 0 fully saturated rings. The number of carbonyl (C=O) groups excluding carboxylic acids is 2. The minimum atomic E-state index is -0.854. The van der Waals surface area contributed by atoms with E-state index in [4.69, 9.17) is 16.2 Å². The molecule has 0 aliphatic rings. The second-order valence-electron chi connectivity index (χ2n) is 4.28. The van der Waals surface area contributed by atoms with Crippen LogP contribution >= 0.6 is 0 Å². The van der Waals surface area contributed by atoms with E-state index in [1.807, 2.05) is 20.8 Å². The third-order valence-electron chi connectivity index (χ3n) is 1.73. The summed E-state index contributed by atoms with van der Waals surface area (Å²) < 4.78 is 9.39. The van der Waals surface area contributed by atoms with Crippen LogP contribution in [0.5, 0.6) is 0 Å². The van der Waals surface area contributed by atoms with Gasteiger partial charge < -0.3 is 20.9 Å². The zero-order chi connectivity index (χ0) is 12.8. The first-order chi connectivity index (χ1) is 7.23. The molecule has 1 unspecified atom stereocenters. The van der Waals surface area contributed by atoms with Crippen LogP contribution in [0.1, 0.15) is 20.8 Å². The van der Waals surface area contributed by atoms with E-state index in [2.05, 4.69) is 4.74 Å². The highest BCUT2D eigenvalue weighted by molar-refractivity contribution is 5.65. The summed E-state index contributed by atoms with van der Waals surface area (Å²) >= 11 is 0. The van der Waals surface area contributed by atoms with Gasteiger partial charge in [-0.1, -0.05) is 20.8 Å². The van der Waals surface area contributed by atoms with Gasteiger partial charge in [0.2, 0.25) is 0 Å². The number of hydrogen-bond donors (Lipinski definition) is 2. The fourth-order valence-corrected chi connectivity index (χ4v) is 0.939. The highest BCUT2D eigenvalue weighted by Gasteiger charge is 2.25. The van der Waals surface area contributed by atoms with Gasteiger partial charge in [-0.25, -0.2) is 9.59 Å². The lowest BCUT2D eigenvalue weighted by Crippen LogP contribution is -2.32. The summed E-state index contributed by atoms with van der Waals surface area (Å²) in [4.78, 5) is 20.9. The van der Waals surface area contributed by atoms with Crippen molar-refractivity contribution in [1.82, 2.24) is 0 Å². The zero-order valence-electron chi connectivity index (χ0n) is 9.73. The third kappa shape index (κ3) is 6.69. The molecule has 0 radical (unpaired) electrons. The Morgan fingerprint density at radius 3 is 2.19 bits per heavy atom. The monoisotopic (exact) mass is 230 g/mol. The molecule has 0 bridgehead atoms. The van der Waals surface area contributed by atoms with E-state index in [9.17, 15) is 9.59 Å². The van der Waals surface area contributed by atoms with Crippen molar-refractivity contribution in [2.75, 3.05) is 6.61 Å². The van der Waals surface area contributed by atoms with E-state index in [-0.39, 0.29) is 12.0 Å². The quantitative estimate of drug-likeness (QED) is 0.706. The first-order valence-corrected chi connectivity index (χ1v) is 4.78. The Kier molecular flexibility index (Phi) is 5.35. The molecule has 0 aromatic rings. The van der Waals surface area contributed by atoms with Crippen LogP contribution < -0.4 is 11.5 Å². The van der Waals surface area contributed by atoms with Crippen molar-refractivity contribution in [1.29, 1.82) is 0 Å². The molecule has 0 aliphatic heterocycles. The fraction of sp³-hybridized carbons (Fsp3) is 0.600. The molecule has 0 spiro atoms. The first kappa shape index (κ1) is 14.3. The van der Waals surface area contributed by atoms with Crippen molar-refractivity contribution in [3.05, 3.63) is 12.2 Å². The molecule has 16 heavy (non-hydrogen) atoms. The van der Waals surface area contributed by atoms with Crippen LogP contribution in [0.15, 0.2) is 12.2 Å². The van der Waals surface area contributed by atoms with Gasteiger partial charge in [-0.3, -0.25) is 0 Å². The standard InChI is InChI=1S/C10H18N2O4/c1-10(2,3)7(16-9(12)14)5-4-6-15-8(11)13/h4-5,7H,6H2,1-3H3,(H2,11,13)(H2,12,14)/b5-4+. The van der Waals surface area contributed by atoms with Crippen molar-refractivity contribution >= 4 is 12.2 Å². The minimum Gasteiger partial charge on any atom is -0.445 e. The number of nitrogens with two attached hydrogens (primary N) is 2. The van der Waals surface area contributed by atoms with Crippen LogP contribution in [0.4, 0.5) is 9.59 Å². The van der Waals surface area contributed by atoms with E-state index in [1.165, 1.54) is 0 Å². The summed E-state index contributed by atoms with van der Waals surface area (Å²) in [6.45, 7) is 5.70. The zero-order valence-corrected chi connectivity index (χ0v) is 9.73. The summed E-state index contributed by atoms with van der Waals surface area (Å²) in [6, 6.07) is 0. The summed E-state index contributed by atoms with van der Waals surface area (Å²) in [5.41, 5.74) is 9.42. The number of rotatable bonds is 4. The van der Waals surface area contributed by atoms with Crippen LogP contribution in [-0.4, -0.2) is 24.9 Å². The van der Waals surface area contributed by atoms with E-state index in [0.29, 0.717) is 0 Å². The predicted molar refractivity (Wildman–Crippen MR) is 58.6 cm³/mol. The highest BCUT2D eigenvalue weighted by Crippen LogP contribution is 2.23. The van der Waals surface area contributed by atoms with Crippen molar-refractivity contribution < 1.29 is 19.1 Å². The van der Waals surface area contributed by atoms with Crippen LogP contribution in [0.2, 0.25) is 0 Å². The predicted octanol–water partition coefficient (Wildman–Crippen LogP) is 1.15. The Labute approximate surface area is 94.6 Å². The maximum Gasteiger partial charge on any atom is 0.405 e. The van der Waals surface area contributed by atoms with Crippen LogP contribution in [0.3, 0.4) is 0 Å². The van der Waals surface area contributed by atoms with E-state index >= 15 is 0 Å². The lowest BCUT2D eigenvalue weighted by atomic mass is 9.89. The first-order valence-electron chi connectivity index (χ1n) is 4.78. The molecule has 0 heterocycles. The molecule has 0 saturated heterocycles. The van der Waals surface area contributed by atoms with Gasteiger partial charge in [0, 0.05) is 5.41 Å². The summed E-state index contributed by atoms with van der Waals surface area (Å²) in [5.74, 6) is 0. The molecule has 0 rings (SSSR count). The SMILES string of the molecule is CC(C)(C)C(/C=C/COC(N)=O)OC(N)=O. The van der Waals surface area contributed by atoms with Gasteiger partial charge >= 0.3 is 12.2 Å². The molecule has 6 heteroatoms. The van der Waals surface area contributed by atoms with Crippen molar-refractivity contribution in [2.24, 2.45) is 16.9 Å². The van der Waals surface area contributed by atoms with E-state index in [1.54, 1.807) is 12.2 Å². The topological polar surface area (TPSA) is 105 Å². The van der Waals surface area contributed by atoms with Crippen molar-refractivity contribution in [3.63, 3.8) is 0 Å². The Balaban J connectivity index is 4.32. The number of amides is 2. The van der Waals surface area contributed by atoms with E-state index < -0.39 is 18.3 Å². The Morgan fingerprint density at radius 1 is 1.25 bits per heavy atom. The van der Waals surface area contributed by atoms with Gasteiger partial charge in [-0.15, -0.1) is 0 Å². The van der Waals surface area contributed by atoms with Crippen molar-refractivity contribution in [2.45, 2.75) is 26.9 Å². The van der Waals surface area contributed by atoms with Gasteiger partial charge in [0.1, 0.15) is 12.7 Å². The highest BCUT2D eigenvalue weighted by atomic mass is 16.6. The maximum atomic E-state index is 10.7. The average molecular weight is 230 g/mol. The number of primary amides is 2. The molecule has 0 aromatic carbocycles. The molecule has 0 saturated carbocycles. The van der Waals surface area contributed by atoms with Crippen LogP contribution in [0, 0.1) is 5.41 Å². The molecule has 6 nitrogen and oxygen atoms in total. The summed E-state index contributed by atoms with van der Waals surface area (Å²) in [6.07, 6.45) is 0.965. The van der Waals surface area contributed by atoms with Gasteiger partial charge in [0.25, 0.3) is 0 Å². The fourth-order valence-electron chi connectivity index (χ4n) is 0.939. The second kappa shape index (κ2) is 5.99. The van der Waals surface area contributed by atoms with Gasteiger partial charge in [0.05, 0.1) is 0 Å². The smallest absolute Gasteiger partial charge is 0.405 e. The molecule has 92 valence electrons. The molecule has 4 N–H and O–H groups in total. The van der Waals surface area contributed by atoms with Gasteiger partial charge in [-0.05, 0) is 12.2 Å². The Morgan fingerprint density at radius 2 is 1.81 bits per heavy atom. The summed E-state index contributed by atoms with van der Waals surface area (Å²) in [7, 11) is 0. The van der Waals surface area contributed by atoms with Crippen LogP contribution in [0.25, 0.3) is 0 Å². The van der Waals surface area contributed by atoms with Crippen LogP contribution in [-0.2, 0) is 9.47 Å². The Hall–Kier alpha value is -1.72. The molecule has 2 amide bonds.